The highest BCUT2D eigenvalue weighted by atomic mass is 32.1. The molecule has 0 saturated carbocycles. The van der Waals surface area contributed by atoms with Crippen LogP contribution in [0.2, 0.25) is 0 Å². The Labute approximate surface area is 150 Å². The number of benzene rings is 1. The van der Waals surface area contributed by atoms with Crippen molar-refractivity contribution in [2.24, 2.45) is 5.10 Å². The maximum atomic E-state index is 12.6. The predicted octanol–water partition coefficient (Wildman–Crippen LogP) is 4.14. The Kier molecular flexibility index (Phi) is 5.28. The summed E-state index contributed by atoms with van der Waals surface area (Å²) in [7, 11) is 0. The summed E-state index contributed by atoms with van der Waals surface area (Å²) in [6, 6.07) is 7.66. The van der Waals surface area contributed by atoms with Crippen LogP contribution < -0.4 is 10.3 Å². The van der Waals surface area contributed by atoms with E-state index < -0.39 is 0 Å². The van der Waals surface area contributed by atoms with Gasteiger partial charge in [-0.1, -0.05) is 13.3 Å². The summed E-state index contributed by atoms with van der Waals surface area (Å²) in [4.78, 5) is 18.8. The molecule has 0 fully saturated rings. The van der Waals surface area contributed by atoms with Gasteiger partial charge in [-0.3, -0.25) is 4.79 Å². The van der Waals surface area contributed by atoms with Gasteiger partial charge >= 0.3 is 0 Å². The minimum absolute atomic E-state index is 0.136. The molecule has 0 saturated heterocycles. The maximum Gasteiger partial charge on any atom is 0.282 e. The van der Waals surface area contributed by atoms with Gasteiger partial charge in [0.1, 0.15) is 16.9 Å². The van der Waals surface area contributed by atoms with Gasteiger partial charge in [0, 0.05) is 4.88 Å². The van der Waals surface area contributed by atoms with Crippen LogP contribution in [0.15, 0.2) is 40.5 Å². The third-order valence-corrected chi connectivity index (χ3v) is 5.17. The lowest BCUT2D eigenvalue weighted by molar-refractivity contribution is 0.309. The number of aromatic nitrogens is 2. The van der Waals surface area contributed by atoms with Crippen molar-refractivity contribution < 1.29 is 4.74 Å². The van der Waals surface area contributed by atoms with Gasteiger partial charge < -0.3 is 4.74 Å². The fourth-order valence-corrected chi connectivity index (χ4v) is 3.41. The molecule has 1 aromatic carbocycles. The molecule has 5 nitrogen and oxygen atoms in total. The zero-order valence-corrected chi connectivity index (χ0v) is 15.5. The molecule has 0 aliphatic carbocycles. The molecule has 0 unspecified atom stereocenters. The molecular weight excluding hydrogens is 334 g/mol. The van der Waals surface area contributed by atoms with Crippen LogP contribution >= 0.6 is 11.3 Å². The van der Waals surface area contributed by atoms with E-state index in [9.17, 15) is 4.79 Å². The average Bonchev–Trinajstić information content (AvgIpc) is 2.91. The molecule has 3 rings (SSSR count). The molecule has 0 aliphatic heterocycles. The summed E-state index contributed by atoms with van der Waals surface area (Å²) in [5.41, 5.74) is 1.74. The molecule has 0 radical (unpaired) electrons. The number of unbranched alkanes of at least 4 members (excludes halogenated alkanes) is 1. The van der Waals surface area contributed by atoms with Gasteiger partial charge in [0.2, 0.25) is 0 Å². The number of hydrogen-bond donors (Lipinski definition) is 0. The second kappa shape index (κ2) is 7.61. The SMILES string of the molecule is CCCCOc1ccc(/C=N/n2cnc3sc(C)c(C)c3c2=O)cc1. The van der Waals surface area contributed by atoms with Crippen LogP contribution in [0.25, 0.3) is 10.2 Å². The fourth-order valence-electron chi connectivity index (χ4n) is 2.42. The lowest BCUT2D eigenvalue weighted by Crippen LogP contribution is -2.16. The first-order chi connectivity index (χ1) is 12.1. The van der Waals surface area contributed by atoms with Gasteiger partial charge in [0.25, 0.3) is 5.56 Å². The van der Waals surface area contributed by atoms with Gasteiger partial charge in [0.05, 0.1) is 18.2 Å². The van der Waals surface area contributed by atoms with E-state index >= 15 is 0 Å². The van der Waals surface area contributed by atoms with Crippen LogP contribution in [0.3, 0.4) is 0 Å². The first-order valence-electron chi connectivity index (χ1n) is 8.34. The summed E-state index contributed by atoms with van der Waals surface area (Å²) in [5.74, 6) is 0.843. The highest BCUT2D eigenvalue weighted by molar-refractivity contribution is 7.18. The Morgan fingerprint density at radius 1 is 1.28 bits per heavy atom. The van der Waals surface area contributed by atoms with Crippen molar-refractivity contribution >= 4 is 27.8 Å². The van der Waals surface area contributed by atoms with Crippen LogP contribution in [-0.2, 0) is 0 Å². The van der Waals surface area contributed by atoms with Crippen LogP contribution in [-0.4, -0.2) is 22.5 Å². The molecule has 0 amide bonds. The number of nitrogens with zero attached hydrogens (tertiary/aromatic N) is 3. The van der Waals surface area contributed by atoms with Crippen LogP contribution in [0.1, 0.15) is 35.8 Å². The smallest absolute Gasteiger partial charge is 0.282 e. The summed E-state index contributed by atoms with van der Waals surface area (Å²) >= 11 is 1.54. The zero-order valence-electron chi connectivity index (χ0n) is 14.7. The Bertz CT molecular complexity index is 955. The van der Waals surface area contributed by atoms with Crippen LogP contribution in [0.5, 0.6) is 5.75 Å². The van der Waals surface area contributed by atoms with Crippen molar-refractivity contribution in [3.8, 4) is 5.75 Å². The molecular formula is C19H21N3O2S. The molecule has 0 N–H and O–H groups in total. The van der Waals surface area contributed by atoms with E-state index in [1.54, 1.807) is 6.21 Å². The largest absolute Gasteiger partial charge is 0.494 e. The number of aryl methyl sites for hydroxylation is 2. The normalized spacial score (nSPS) is 11.5. The molecule has 0 atom stereocenters. The topological polar surface area (TPSA) is 56.5 Å². The van der Waals surface area contributed by atoms with Crippen LogP contribution in [0.4, 0.5) is 0 Å². The van der Waals surface area contributed by atoms with Gasteiger partial charge in [-0.05, 0) is 55.7 Å². The maximum absolute atomic E-state index is 12.6. The predicted molar refractivity (Wildman–Crippen MR) is 103 cm³/mol. The lowest BCUT2D eigenvalue weighted by Gasteiger charge is -2.05. The molecule has 130 valence electrons. The number of ether oxygens (including phenoxy) is 1. The molecule has 0 aliphatic rings. The van der Waals surface area contributed by atoms with E-state index in [1.807, 2.05) is 38.1 Å². The summed E-state index contributed by atoms with van der Waals surface area (Å²) in [6.45, 7) is 6.81. The number of rotatable bonds is 6. The first kappa shape index (κ1) is 17.4. The Morgan fingerprint density at radius 2 is 2.04 bits per heavy atom. The molecule has 2 heterocycles. The zero-order chi connectivity index (χ0) is 17.8. The fraction of sp³-hybridized carbons (Fsp3) is 0.316. The van der Waals surface area contributed by atoms with E-state index in [4.69, 9.17) is 4.74 Å². The van der Waals surface area contributed by atoms with Gasteiger partial charge in [-0.15, -0.1) is 11.3 Å². The monoisotopic (exact) mass is 355 g/mol. The van der Waals surface area contributed by atoms with Crippen LogP contribution in [0, 0.1) is 13.8 Å². The summed E-state index contributed by atoms with van der Waals surface area (Å²) in [6.07, 6.45) is 5.28. The van der Waals surface area contributed by atoms with Gasteiger partial charge in [-0.25, -0.2) is 4.98 Å². The highest BCUT2D eigenvalue weighted by Crippen LogP contribution is 2.25. The van der Waals surface area contributed by atoms with Gasteiger partial charge in [-0.2, -0.15) is 9.78 Å². The molecule has 0 bridgehead atoms. The second-order valence-electron chi connectivity index (χ2n) is 5.87. The van der Waals surface area contributed by atoms with Crippen molar-refractivity contribution in [2.45, 2.75) is 33.6 Å². The number of fused-ring (bicyclic) bond motifs is 1. The standard InChI is InChI=1S/C19H21N3O2S/c1-4-5-10-24-16-8-6-15(7-9-16)11-21-22-12-20-18-17(19(22)23)13(2)14(3)25-18/h6-9,11-12H,4-5,10H2,1-3H3/b21-11+. The molecule has 0 spiro atoms. The van der Waals surface area contributed by atoms with E-state index in [-0.39, 0.29) is 5.56 Å². The van der Waals surface area contributed by atoms with Crippen molar-refractivity contribution in [2.75, 3.05) is 6.61 Å². The Balaban J connectivity index is 1.80. The quantitative estimate of drug-likeness (QED) is 0.493. The highest BCUT2D eigenvalue weighted by Gasteiger charge is 2.11. The molecule has 3 aromatic rings. The Morgan fingerprint density at radius 3 is 2.76 bits per heavy atom. The van der Waals surface area contributed by atoms with Crippen molar-refractivity contribution in [1.82, 2.24) is 9.66 Å². The van der Waals surface area contributed by atoms with E-state index in [2.05, 4.69) is 17.0 Å². The minimum Gasteiger partial charge on any atom is -0.494 e. The van der Waals surface area contributed by atoms with E-state index in [0.717, 1.165) is 46.0 Å². The summed E-state index contributed by atoms with van der Waals surface area (Å²) < 4.78 is 6.92. The third kappa shape index (κ3) is 3.79. The third-order valence-electron chi connectivity index (χ3n) is 4.05. The Hall–Kier alpha value is -2.47. The molecule has 2 aromatic heterocycles. The van der Waals surface area contributed by atoms with E-state index in [1.165, 1.54) is 22.3 Å². The summed E-state index contributed by atoms with van der Waals surface area (Å²) in [5, 5.41) is 4.92. The second-order valence-corrected chi connectivity index (χ2v) is 7.08. The van der Waals surface area contributed by atoms with Crippen molar-refractivity contribution in [1.29, 1.82) is 0 Å². The van der Waals surface area contributed by atoms with Gasteiger partial charge in [0.15, 0.2) is 0 Å². The van der Waals surface area contributed by atoms with E-state index in [0.29, 0.717) is 5.39 Å². The first-order valence-corrected chi connectivity index (χ1v) is 9.16. The van der Waals surface area contributed by atoms with Crippen molar-refractivity contribution in [3.63, 3.8) is 0 Å². The number of hydrogen-bond acceptors (Lipinski definition) is 5. The average molecular weight is 355 g/mol. The lowest BCUT2D eigenvalue weighted by atomic mass is 10.2. The van der Waals surface area contributed by atoms with Crippen molar-refractivity contribution in [3.05, 3.63) is 57.0 Å². The molecule has 6 heteroatoms. The minimum atomic E-state index is -0.136. The molecule has 25 heavy (non-hydrogen) atoms. The number of thiophene rings is 1.